The van der Waals surface area contributed by atoms with Crippen molar-refractivity contribution in [2.24, 2.45) is 0 Å². The maximum Gasteiger partial charge on any atom is 0.308 e. The van der Waals surface area contributed by atoms with Gasteiger partial charge in [-0.1, -0.05) is 0 Å². The molecule has 0 atom stereocenters. The summed E-state index contributed by atoms with van der Waals surface area (Å²) in [5, 5.41) is 0. The molecule has 40 valence electrons. The molecule has 0 aliphatic carbocycles. The van der Waals surface area contributed by atoms with Crippen molar-refractivity contribution in [3.8, 4) is 0 Å². The molecule has 0 saturated heterocycles. The minimum atomic E-state index is 0.161. The van der Waals surface area contributed by atoms with Crippen LogP contribution in [0.2, 0.25) is 0 Å². The van der Waals surface area contributed by atoms with E-state index in [1.165, 1.54) is 0 Å². The predicted molar refractivity (Wildman–Crippen MR) is 21.9 cm³/mol. The molecule has 0 aliphatic rings. The number of carbonyl (C=O) groups excluding carboxylic acids is 2. The molecular weight excluding hydrogens is 120 g/mol. The van der Waals surface area contributed by atoms with E-state index in [0.717, 1.165) is 0 Å². The fraction of sp³-hybridized carbons (Fsp3) is 0. The highest BCUT2D eigenvalue weighted by atomic mass is 32.2. The van der Waals surface area contributed by atoms with E-state index in [2.05, 4.69) is 8.37 Å². The highest BCUT2D eigenvalue weighted by Crippen LogP contribution is 1.96. The van der Waals surface area contributed by atoms with Gasteiger partial charge in [0.1, 0.15) is 0 Å². The molecule has 0 radical (unpaired) electrons. The average molecular weight is 122 g/mol. The van der Waals surface area contributed by atoms with Gasteiger partial charge in [-0.3, -0.25) is 9.59 Å². The Hall–Kier alpha value is -0.710. The second-order valence-corrected chi connectivity index (χ2v) is 0.974. The Bertz CT molecular complexity index is 54.7. The summed E-state index contributed by atoms with van der Waals surface area (Å²) in [7, 11) is 0. The van der Waals surface area contributed by atoms with Crippen LogP contribution >= 0.6 is 12.3 Å². The lowest BCUT2D eigenvalue weighted by molar-refractivity contribution is -0.121. The van der Waals surface area contributed by atoms with E-state index in [1.807, 2.05) is 0 Å². The van der Waals surface area contributed by atoms with Gasteiger partial charge in [-0.15, -0.1) is 0 Å². The van der Waals surface area contributed by atoms with Crippen LogP contribution in [0.25, 0.3) is 0 Å². The first-order chi connectivity index (χ1) is 3.41. The van der Waals surface area contributed by atoms with E-state index in [-0.39, 0.29) is 12.9 Å². The molecule has 0 rings (SSSR count). The second-order valence-electron chi connectivity index (χ2n) is 0.453. The Morgan fingerprint density at radius 2 is 1.57 bits per heavy atom. The summed E-state index contributed by atoms with van der Waals surface area (Å²) in [6.45, 7) is 0.322. The Balaban J connectivity index is 2.68. The summed E-state index contributed by atoms with van der Waals surface area (Å²) < 4.78 is 7.71. The van der Waals surface area contributed by atoms with Crippen LogP contribution in [0.3, 0.4) is 0 Å². The van der Waals surface area contributed by atoms with Gasteiger partial charge in [0.15, 0.2) is 0 Å². The Morgan fingerprint density at radius 3 is 1.86 bits per heavy atom. The standard InChI is InChI=1S/C2H2O4S/c3-1-5-7-6-2-4/h1-2H. The van der Waals surface area contributed by atoms with Crippen LogP contribution in [0, 0.1) is 0 Å². The zero-order valence-corrected chi connectivity index (χ0v) is 4.01. The molecule has 0 bridgehead atoms. The Morgan fingerprint density at radius 1 is 1.14 bits per heavy atom. The second kappa shape index (κ2) is 5.29. The molecule has 0 aromatic carbocycles. The van der Waals surface area contributed by atoms with Crippen LogP contribution in [0.5, 0.6) is 0 Å². The van der Waals surface area contributed by atoms with Gasteiger partial charge < -0.3 is 8.37 Å². The first kappa shape index (κ1) is 6.29. The van der Waals surface area contributed by atoms with Crippen LogP contribution in [0.15, 0.2) is 0 Å². The van der Waals surface area contributed by atoms with Gasteiger partial charge in [0.25, 0.3) is 12.3 Å². The van der Waals surface area contributed by atoms with Crippen molar-refractivity contribution in [3.05, 3.63) is 0 Å². The molecule has 0 saturated carbocycles. The smallest absolute Gasteiger partial charge is 0.308 e. The zero-order chi connectivity index (χ0) is 5.54. The summed E-state index contributed by atoms with van der Waals surface area (Å²) in [5.41, 5.74) is 0. The summed E-state index contributed by atoms with van der Waals surface area (Å²) >= 11 is 0.317. The third-order valence-corrected chi connectivity index (χ3v) is 0.471. The zero-order valence-electron chi connectivity index (χ0n) is 3.20. The average Bonchev–Trinajstić information content (AvgIpc) is 1.69. The van der Waals surface area contributed by atoms with Crippen molar-refractivity contribution < 1.29 is 18.0 Å². The topological polar surface area (TPSA) is 52.6 Å². The quantitative estimate of drug-likeness (QED) is 0.296. The first-order valence-electron chi connectivity index (χ1n) is 1.28. The van der Waals surface area contributed by atoms with E-state index >= 15 is 0 Å². The van der Waals surface area contributed by atoms with Crippen molar-refractivity contribution >= 4 is 25.3 Å². The molecule has 7 heavy (non-hydrogen) atoms. The number of hydrogen-bond donors (Lipinski definition) is 0. The van der Waals surface area contributed by atoms with E-state index in [0.29, 0.717) is 12.3 Å². The molecule has 0 aromatic heterocycles. The van der Waals surface area contributed by atoms with Crippen LogP contribution in [0.1, 0.15) is 0 Å². The molecule has 0 aliphatic heterocycles. The molecule has 0 spiro atoms. The van der Waals surface area contributed by atoms with Crippen molar-refractivity contribution in [1.82, 2.24) is 0 Å². The predicted octanol–water partition coefficient (Wildman–Crippen LogP) is -0.104. The van der Waals surface area contributed by atoms with E-state index in [1.54, 1.807) is 0 Å². The van der Waals surface area contributed by atoms with Crippen molar-refractivity contribution in [2.45, 2.75) is 0 Å². The molecular formula is C2H2O4S. The van der Waals surface area contributed by atoms with Crippen molar-refractivity contribution in [1.29, 1.82) is 0 Å². The third-order valence-electron chi connectivity index (χ3n) is 0.157. The van der Waals surface area contributed by atoms with Crippen LogP contribution in [-0.4, -0.2) is 12.9 Å². The normalized spacial score (nSPS) is 6.86. The van der Waals surface area contributed by atoms with Crippen LogP contribution in [-0.2, 0) is 18.0 Å². The van der Waals surface area contributed by atoms with E-state index in [4.69, 9.17) is 0 Å². The van der Waals surface area contributed by atoms with Crippen LogP contribution in [0.4, 0.5) is 0 Å². The number of rotatable bonds is 4. The lowest BCUT2D eigenvalue weighted by atomic mass is 11.7. The van der Waals surface area contributed by atoms with E-state index in [9.17, 15) is 9.59 Å². The number of carbonyl (C=O) groups is 2. The fourth-order valence-electron chi connectivity index (χ4n) is 0.0548. The van der Waals surface area contributed by atoms with Gasteiger partial charge in [0, 0.05) is 0 Å². The summed E-state index contributed by atoms with van der Waals surface area (Å²) in [5.74, 6) is 0. The number of hydrogen-bond acceptors (Lipinski definition) is 5. The van der Waals surface area contributed by atoms with Gasteiger partial charge in [0.2, 0.25) is 0 Å². The monoisotopic (exact) mass is 122 g/mol. The molecule has 0 amide bonds. The molecule has 0 heterocycles. The lowest BCUT2D eigenvalue weighted by Gasteiger charge is -1.84. The maximum atomic E-state index is 9.24. The molecule has 5 heteroatoms. The van der Waals surface area contributed by atoms with E-state index < -0.39 is 0 Å². The SMILES string of the molecule is O=COSOC=O. The minimum Gasteiger partial charge on any atom is -0.357 e. The molecule has 0 N–H and O–H groups in total. The van der Waals surface area contributed by atoms with Crippen molar-refractivity contribution in [2.75, 3.05) is 0 Å². The minimum absolute atomic E-state index is 0.161. The summed E-state index contributed by atoms with van der Waals surface area (Å²) in [4.78, 5) is 18.5. The van der Waals surface area contributed by atoms with Gasteiger partial charge in [-0.05, 0) is 0 Å². The molecule has 0 fully saturated rings. The van der Waals surface area contributed by atoms with Crippen molar-refractivity contribution in [3.63, 3.8) is 0 Å². The van der Waals surface area contributed by atoms with Gasteiger partial charge in [0.05, 0.1) is 0 Å². The Labute approximate surface area is 44.2 Å². The maximum absolute atomic E-state index is 9.24. The first-order valence-corrected chi connectivity index (χ1v) is 1.94. The summed E-state index contributed by atoms with van der Waals surface area (Å²) in [6, 6.07) is 0. The van der Waals surface area contributed by atoms with Crippen LogP contribution < -0.4 is 0 Å². The highest BCUT2D eigenvalue weighted by molar-refractivity contribution is 7.90. The van der Waals surface area contributed by atoms with Gasteiger partial charge in [-0.25, -0.2) is 0 Å². The molecule has 4 nitrogen and oxygen atoms in total. The summed E-state index contributed by atoms with van der Waals surface area (Å²) in [6.07, 6.45) is 0. The lowest BCUT2D eigenvalue weighted by Crippen LogP contribution is -1.76. The molecule has 0 aromatic rings. The highest BCUT2D eigenvalue weighted by Gasteiger charge is 1.79. The largest absolute Gasteiger partial charge is 0.357 e. The molecule has 0 unspecified atom stereocenters. The van der Waals surface area contributed by atoms with Gasteiger partial charge in [-0.2, -0.15) is 0 Å². The third kappa shape index (κ3) is 5.29. The van der Waals surface area contributed by atoms with Gasteiger partial charge >= 0.3 is 12.9 Å². The fourth-order valence-corrected chi connectivity index (χ4v) is 0.164. The Kier molecular flexibility index (Phi) is 4.75.